The third-order valence-corrected chi connectivity index (χ3v) is 4.67. The Hall–Kier alpha value is -0.870. The third-order valence-electron chi connectivity index (χ3n) is 3.98. The van der Waals surface area contributed by atoms with Gasteiger partial charge in [0, 0.05) is 6.54 Å². The molecule has 1 saturated carbocycles. The largest absolute Gasteiger partial charge is 0.215 e. The van der Waals surface area contributed by atoms with Crippen LogP contribution in [0.4, 0.5) is 0 Å². The molecular formula is C15H23NO2S. The van der Waals surface area contributed by atoms with Crippen molar-refractivity contribution in [3.05, 3.63) is 35.4 Å². The third kappa shape index (κ3) is 4.32. The van der Waals surface area contributed by atoms with Gasteiger partial charge in [0.15, 0.2) is 0 Å². The van der Waals surface area contributed by atoms with Gasteiger partial charge in [0.1, 0.15) is 0 Å². The molecule has 0 spiro atoms. The summed E-state index contributed by atoms with van der Waals surface area (Å²) in [7, 11) is -3.10. The number of nitrogens with one attached hydrogen (secondary N) is 1. The number of rotatable bonds is 5. The Labute approximate surface area is 116 Å². The Morgan fingerprint density at radius 1 is 1.21 bits per heavy atom. The Balaban J connectivity index is 1.97. The van der Waals surface area contributed by atoms with Gasteiger partial charge in [-0.2, -0.15) is 0 Å². The minimum atomic E-state index is -3.10. The molecule has 0 bridgehead atoms. The smallest absolute Gasteiger partial charge is 0.208 e. The highest BCUT2D eigenvalue weighted by molar-refractivity contribution is 7.88. The Morgan fingerprint density at radius 3 is 2.32 bits per heavy atom. The lowest BCUT2D eigenvalue weighted by Crippen LogP contribution is -2.26. The van der Waals surface area contributed by atoms with E-state index in [4.69, 9.17) is 0 Å². The van der Waals surface area contributed by atoms with E-state index in [1.54, 1.807) is 0 Å². The number of sulfonamides is 1. The van der Waals surface area contributed by atoms with Crippen molar-refractivity contribution in [1.82, 2.24) is 4.72 Å². The van der Waals surface area contributed by atoms with Crippen LogP contribution in [-0.2, 0) is 10.0 Å². The van der Waals surface area contributed by atoms with Crippen LogP contribution in [0, 0.1) is 0 Å². The molecule has 1 N–H and O–H groups in total. The summed E-state index contributed by atoms with van der Waals surface area (Å²) in [6, 6.07) is 8.70. The molecule has 1 aliphatic carbocycles. The normalized spacial score (nSPS) is 18.6. The van der Waals surface area contributed by atoms with Gasteiger partial charge in [-0.3, -0.25) is 0 Å². The highest BCUT2D eigenvalue weighted by Gasteiger charge is 2.17. The van der Waals surface area contributed by atoms with Crippen molar-refractivity contribution < 1.29 is 8.42 Å². The minimum Gasteiger partial charge on any atom is -0.215 e. The van der Waals surface area contributed by atoms with Crippen molar-refractivity contribution in [2.75, 3.05) is 12.8 Å². The van der Waals surface area contributed by atoms with Crippen molar-refractivity contribution in [1.29, 1.82) is 0 Å². The van der Waals surface area contributed by atoms with Crippen LogP contribution >= 0.6 is 0 Å². The highest BCUT2D eigenvalue weighted by atomic mass is 32.2. The Kier molecular flexibility index (Phi) is 4.63. The molecule has 1 aliphatic rings. The summed E-state index contributed by atoms with van der Waals surface area (Å²) in [5.41, 5.74) is 2.63. The summed E-state index contributed by atoms with van der Waals surface area (Å²) in [4.78, 5) is 0. The summed E-state index contributed by atoms with van der Waals surface area (Å²) >= 11 is 0. The zero-order chi connectivity index (χ0) is 13.9. The zero-order valence-electron chi connectivity index (χ0n) is 11.7. The van der Waals surface area contributed by atoms with E-state index in [1.165, 1.54) is 43.1 Å². The molecule has 0 saturated heterocycles. The van der Waals surface area contributed by atoms with Gasteiger partial charge in [0.05, 0.1) is 6.26 Å². The average molecular weight is 281 g/mol. The second-order valence-corrected chi connectivity index (χ2v) is 7.50. The van der Waals surface area contributed by atoms with Gasteiger partial charge in [0.25, 0.3) is 0 Å². The molecule has 4 heteroatoms. The van der Waals surface area contributed by atoms with Gasteiger partial charge in [-0.15, -0.1) is 0 Å². The van der Waals surface area contributed by atoms with Gasteiger partial charge in [-0.1, -0.05) is 44.0 Å². The predicted octanol–water partition coefficient (Wildman–Crippen LogP) is 3.00. The summed E-state index contributed by atoms with van der Waals surface area (Å²) in [5, 5.41) is 0. The van der Waals surface area contributed by atoms with Crippen LogP contribution in [0.25, 0.3) is 0 Å². The van der Waals surface area contributed by atoms with Crippen LogP contribution in [0.15, 0.2) is 24.3 Å². The molecule has 1 aromatic carbocycles. The standard InChI is InChI=1S/C15H23NO2S/c1-12(11-16-19(2,17)18)13-7-9-15(10-8-13)14-5-3-4-6-14/h7-10,12,14,16H,3-6,11H2,1-2H3. The second kappa shape index (κ2) is 6.06. The molecule has 1 fully saturated rings. The van der Waals surface area contributed by atoms with E-state index in [9.17, 15) is 8.42 Å². The fourth-order valence-corrected chi connectivity index (χ4v) is 3.30. The predicted molar refractivity (Wildman–Crippen MR) is 78.9 cm³/mol. The van der Waals surface area contributed by atoms with E-state index in [2.05, 4.69) is 29.0 Å². The van der Waals surface area contributed by atoms with Crippen LogP contribution in [0.5, 0.6) is 0 Å². The van der Waals surface area contributed by atoms with Crippen LogP contribution in [0.1, 0.15) is 55.6 Å². The van der Waals surface area contributed by atoms with Crippen molar-refractivity contribution in [3.63, 3.8) is 0 Å². The maximum Gasteiger partial charge on any atom is 0.208 e. The topological polar surface area (TPSA) is 46.2 Å². The van der Waals surface area contributed by atoms with E-state index in [0.717, 1.165) is 5.92 Å². The first-order chi connectivity index (χ1) is 8.96. The van der Waals surface area contributed by atoms with E-state index in [0.29, 0.717) is 6.54 Å². The monoisotopic (exact) mass is 281 g/mol. The zero-order valence-corrected chi connectivity index (χ0v) is 12.5. The first kappa shape index (κ1) is 14.5. The summed E-state index contributed by atoms with van der Waals surface area (Å²) < 4.78 is 24.7. The maximum atomic E-state index is 11.1. The first-order valence-corrected chi connectivity index (χ1v) is 8.89. The van der Waals surface area contributed by atoms with E-state index in [-0.39, 0.29) is 5.92 Å². The molecular weight excluding hydrogens is 258 g/mol. The van der Waals surface area contributed by atoms with Gasteiger partial charge >= 0.3 is 0 Å². The van der Waals surface area contributed by atoms with Gasteiger partial charge in [-0.25, -0.2) is 13.1 Å². The maximum absolute atomic E-state index is 11.1. The lowest BCUT2D eigenvalue weighted by atomic mass is 9.94. The molecule has 1 unspecified atom stereocenters. The molecule has 0 aromatic heterocycles. The molecule has 3 nitrogen and oxygen atoms in total. The fraction of sp³-hybridized carbons (Fsp3) is 0.600. The summed E-state index contributed by atoms with van der Waals surface area (Å²) in [5.74, 6) is 0.936. The molecule has 106 valence electrons. The van der Waals surface area contributed by atoms with Crippen molar-refractivity contribution in [3.8, 4) is 0 Å². The number of hydrogen-bond acceptors (Lipinski definition) is 2. The average Bonchev–Trinajstić information content (AvgIpc) is 2.89. The van der Waals surface area contributed by atoms with Crippen molar-refractivity contribution in [2.45, 2.75) is 44.4 Å². The van der Waals surface area contributed by atoms with E-state index in [1.807, 2.05) is 6.92 Å². The highest BCUT2D eigenvalue weighted by Crippen LogP contribution is 2.34. The molecule has 1 aromatic rings. The quantitative estimate of drug-likeness (QED) is 0.902. The van der Waals surface area contributed by atoms with Crippen LogP contribution < -0.4 is 4.72 Å². The lowest BCUT2D eigenvalue weighted by Gasteiger charge is -2.14. The molecule has 0 amide bonds. The molecule has 0 aliphatic heterocycles. The van der Waals surface area contributed by atoms with Gasteiger partial charge in [-0.05, 0) is 35.8 Å². The van der Waals surface area contributed by atoms with E-state index >= 15 is 0 Å². The minimum absolute atomic E-state index is 0.201. The summed E-state index contributed by atoms with van der Waals surface area (Å²) in [6.07, 6.45) is 6.51. The van der Waals surface area contributed by atoms with Gasteiger partial charge < -0.3 is 0 Å². The molecule has 2 rings (SSSR count). The summed E-state index contributed by atoms with van der Waals surface area (Å²) in [6.45, 7) is 2.50. The van der Waals surface area contributed by atoms with Crippen LogP contribution in [0.2, 0.25) is 0 Å². The molecule has 1 atom stereocenters. The van der Waals surface area contributed by atoms with Crippen LogP contribution in [-0.4, -0.2) is 21.2 Å². The second-order valence-electron chi connectivity index (χ2n) is 5.67. The number of hydrogen-bond donors (Lipinski definition) is 1. The van der Waals surface area contributed by atoms with Crippen molar-refractivity contribution >= 4 is 10.0 Å². The van der Waals surface area contributed by atoms with Crippen molar-refractivity contribution in [2.24, 2.45) is 0 Å². The number of benzene rings is 1. The molecule has 0 heterocycles. The molecule has 0 radical (unpaired) electrons. The first-order valence-electron chi connectivity index (χ1n) is 7.00. The van der Waals surface area contributed by atoms with Gasteiger partial charge in [0.2, 0.25) is 10.0 Å². The Bertz CT molecular complexity index is 501. The fourth-order valence-electron chi connectivity index (χ4n) is 2.75. The lowest BCUT2D eigenvalue weighted by molar-refractivity contribution is 0.581. The SMILES string of the molecule is CC(CNS(C)(=O)=O)c1ccc(C2CCCC2)cc1. The molecule has 19 heavy (non-hydrogen) atoms. The Morgan fingerprint density at radius 2 is 1.79 bits per heavy atom. The van der Waals surface area contributed by atoms with E-state index < -0.39 is 10.0 Å². The van der Waals surface area contributed by atoms with Crippen LogP contribution in [0.3, 0.4) is 0 Å².